The molecule has 2 aromatic carbocycles. The Hall–Kier alpha value is -3.14. The van der Waals surface area contributed by atoms with Crippen LogP contribution in [-0.4, -0.2) is 17.4 Å². The molecule has 3 rings (SSSR count). The normalized spacial score (nSPS) is 10.7. The lowest BCUT2D eigenvalue weighted by Gasteiger charge is -2.21. The maximum atomic E-state index is 13.0. The van der Waals surface area contributed by atoms with Crippen molar-refractivity contribution in [3.63, 3.8) is 0 Å². The highest BCUT2D eigenvalue weighted by Crippen LogP contribution is 2.27. The fraction of sp³-hybridized carbons (Fsp3) is 0.217. The monoisotopic (exact) mass is 359 g/mol. The number of hydrogen-bond donors (Lipinski definition) is 1. The van der Waals surface area contributed by atoms with Crippen molar-refractivity contribution in [3.8, 4) is 0 Å². The van der Waals surface area contributed by atoms with E-state index < -0.39 is 0 Å². The molecule has 4 heteroatoms. The summed E-state index contributed by atoms with van der Waals surface area (Å²) >= 11 is 0. The van der Waals surface area contributed by atoms with Crippen molar-refractivity contribution in [1.29, 1.82) is 0 Å². The van der Waals surface area contributed by atoms with Crippen molar-refractivity contribution in [3.05, 3.63) is 84.2 Å². The molecule has 0 aliphatic carbocycles. The molecule has 0 spiro atoms. The van der Waals surface area contributed by atoms with Crippen LogP contribution in [0.2, 0.25) is 0 Å². The van der Waals surface area contributed by atoms with Crippen molar-refractivity contribution in [2.75, 3.05) is 16.8 Å². The second-order valence-corrected chi connectivity index (χ2v) is 6.71. The molecule has 0 aliphatic heterocycles. The highest BCUT2D eigenvalue weighted by molar-refractivity contribution is 6.06. The lowest BCUT2D eigenvalue weighted by atomic mass is 10.0. The van der Waals surface area contributed by atoms with Crippen molar-refractivity contribution in [2.45, 2.75) is 26.7 Å². The summed E-state index contributed by atoms with van der Waals surface area (Å²) < 4.78 is 0. The van der Waals surface area contributed by atoms with Gasteiger partial charge in [0.15, 0.2) is 0 Å². The standard InChI is InChI=1S/C23H25N3O/c1-4-26(20-10-6-5-7-11-20)23(27)18-14-19(16-24-15-18)25-22-13-9-8-12-21(22)17(2)3/h5-17,25H,4H2,1-3H3. The number of nitrogens with zero attached hydrogens (tertiary/aromatic N) is 2. The molecule has 0 radical (unpaired) electrons. The Morgan fingerprint density at radius 1 is 1.04 bits per heavy atom. The zero-order chi connectivity index (χ0) is 19.2. The van der Waals surface area contributed by atoms with Crippen LogP contribution in [0.25, 0.3) is 0 Å². The minimum atomic E-state index is -0.0583. The number of hydrogen-bond acceptors (Lipinski definition) is 3. The second-order valence-electron chi connectivity index (χ2n) is 6.71. The summed E-state index contributed by atoms with van der Waals surface area (Å²) in [6.45, 7) is 6.89. The minimum Gasteiger partial charge on any atom is -0.354 e. The van der Waals surface area contributed by atoms with E-state index in [-0.39, 0.29) is 5.91 Å². The van der Waals surface area contributed by atoms with Crippen LogP contribution in [0.4, 0.5) is 17.1 Å². The van der Waals surface area contributed by atoms with Gasteiger partial charge >= 0.3 is 0 Å². The summed E-state index contributed by atoms with van der Waals surface area (Å²) in [5.41, 5.74) is 4.52. The first kappa shape index (κ1) is 18.6. The molecule has 0 fully saturated rings. The van der Waals surface area contributed by atoms with Gasteiger partial charge in [-0.3, -0.25) is 9.78 Å². The molecular weight excluding hydrogens is 334 g/mol. The molecule has 1 amide bonds. The smallest absolute Gasteiger partial charge is 0.259 e. The molecular formula is C23H25N3O. The van der Waals surface area contributed by atoms with Gasteiger partial charge in [-0.05, 0) is 42.7 Å². The van der Waals surface area contributed by atoms with Gasteiger partial charge in [0, 0.05) is 24.1 Å². The second kappa shape index (κ2) is 8.49. The van der Waals surface area contributed by atoms with Gasteiger partial charge in [-0.25, -0.2) is 0 Å². The number of benzene rings is 2. The Kier molecular flexibility index (Phi) is 5.87. The number of aromatic nitrogens is 1. The maximum Gasteiger partial charge on any atom is 0.259 e. The number of pyridine rings is 1. The number of nitrogens with one attached hydrogen (secondary N) is 1. The lowest BCUT2D eigenvalue weighted by molar-refractivity contribution is 0.0988. The lowest BCUT2D eigenvalue weighted by Crippen LogP contribution is -2.30. The van der Waals surface area contributed by atoms with E-state index in [0.29, 0.717) is 18.0 Å². The molecule has 0 atom stereocenters. The molecule has 1 heterocycles. The Labute approximate surface area is 160 Å². The van der Waals surface area contributed by atoms with Crippen molar-refractivity contribution in [2.24, 2.45) is 0 Å². The van der Waals surface area contributed by atoms with E-state index in [1.54, 1.807) is 17.3 Å². The average Bonchev–Trinajstić information content (AvgIpc) is 2.70. The van der Waals surface area contributed by atoms with Gasteiger partial charge in [-0.15, -0.1) is 0 Å². The van der Waals surface area contributed by atoms with E-state index >= 15 is 0 Å². The Morgan fingerprint density at radius 3 is 2.44 bits per heavy atom. The summed E-state index contributed by atoms with van der Waals surface area (Å²) in [6.07, 6.45) is 3.36. The highest BCUT2D eigenvalue weighted by Gasteiger charge is 2.17. The van der Waals surface area contributed by atoms with Gasteiger partial charge in [-0.2, -0.15) is 0 Å². The molecule has 0 aliphatic rings. The van der Waals surface area contributed by atoms with Crippen LogP contribution in [0.15, 0.2) is 73.1 Å². The van der Waals surface area contributed by atoms with Crippen LogP contribution in [-0.2, 0) is 0 Å². The Balaban J connectivity index is 1.86. The summed E-state index contributed by atoms with van der Waals surface area (Å²) in [5, 5.41) is 3.41. The van der Waals surface area contributed by atoms with E-state index in [9.17, 15) is 4.79 Å². The van der Waals surface area contributed by atoms with Gasteiger partial charge in [0.05, 0.1) is 17.4 Å². The maximum absolute atomic E-state index is 13.0. The van der Waals surface area contributed by atoms with Gasteiger partial charge in [0.1, 0.15) is 0 Å². The predicted molar refractivity (Wildman–Crippen MR) is 112 cm³/mol. The molecule has 1 aromatic heterocycles. The quantitative estimate of drug-likeness (QED) is 0.622. The molecule has 0 bridgehead atoms. The first-order valence-electron chi connectivity index (χ1n) is 9.28. The van der Waals surface area contributed by atoms with Crippen LogP contribution in [0.1, 0.15) is 42.6 Å². The number of carbonyl (C=O) groups is 1. The number of para-hydroxylation sites is 2. The van der Waals surface area contributed by atoms with Gasteiger partial charge in [0.2, 0.25) is 0 Å². The summed E-state index contributed by atoms with van der Waals surface area (Å²) in [4.78, 5) is 19.0. The molecule has 4 nitrogen and oxygen atoms in total. The van der Waals surface area contributed by atoms with Crippen LogP contribution < -0.4 is 10.2 Å². The molecule has 138 valence electrons. The van der Waals surface area contributed by atoms with E-state index in [2.05, 4.69) is 30.2 Å². The number of anilines is 3. The summed E-state index contributed by atoms with van der Waals surface area (Å²) in [7, 11) is 0. The predicted octanol–water partition coefficient (Wildman–Crippen LogP) is 5.62. The average molecular weight is 359 g/mol. The van der Waals surface area contributed by atoms with Crippen molar-refractivity contribution in [1.82, 2.24) is 4.98 Å². The van der Waals surface area contributed by atoms with E-state index in [0.717, 1.165) is 17.1 Å². The Morgan fingerprint density at radius 2 is 1.74 bits per heavy atom. The first-order valence-corrected chi connectivity index (χ1v) is 9.28. The zero-order valence-corrected chi connectivity index (χ0v) is 16.0. The van der Waals surface area contributed by atoms with Gasteiger partial charge in [0.25, 0.3) is 5.91 Å². The van der Waals surface area contributed by atoms with Crippen LogP contribution in [0.3, 0.4) is 0 Å². The third-order valence-corrected chi connectivity index (χ3v) is 4.48. The fourth-order valence-electron chi connectivity index (χ4n) is 3.10. The molecule has 0 saturated heterocycles. The van der Waals surface area contributed by atoms with Crippen LogP contribution >= 0.6 is 0 Å². The summed E-state index contributed by atoms with van der Waals surface area (Å²) in [6, 6.07) is 19.8. The summed E-state index contributed by atoms with van der Waals surface area (Å²) in [5.74, 6) is 0.345. The molecule has 3 aromatic rings. The van der Waals surface area contributed by atoms with Crippen molar-refractivity contribution >= 4 is 23.0 Å². The Bertz CT molecular complexity index is 906. The largest absolute Gasteiger partial charge is 0.354 e. The molecule has 0 saturated carbocycles. The van der Waals surface area contributed by atoms with E-state index in [4.69, 9.17) is 0 Å². The number of carbonyl (C=O) groups excluding carboxylic acids is 1. The zero-order valence-electron chi connectivity index (χ0n) is 16.0. The van der Waals surface area contributed by atoms with E-state index in [1.165, 1.54) is 5.56 Å². The first-order chi connectivity index (χ1) is 13.1. The third kappa shape index (κ3) is 4.34. The topological polar surface area (TPSA) is 45.2 Å². The number of rotatable bonds is 6. The highest BCUT2D eigenvalue weighted by atomic mass is 16.2. The fourth-order valence-corrected chi connectivity index (χ4v) is 3.10. The van der Waals surface area contributed by atoms with Gasteiger partial charge < -0.3 is 10.2 Å². The molecule has 27 heavy (non-hydrogen) atoms. The van der Waals surface area contributed by atoms with Crippen LogP contribution in [0, 0.1) is 0 Å². The number of amides is 1. The van der Waals surface area contributed by atoms with E-state index in [1.807, 2.05) is 61.5 Å². The van der Waals surface area contributed by atoms with Crippen LogP contribution in [0.5, 0.6) is 0 Å². The molecule has 0 unspecified atom stereocenters. The molecule has 1 N–H and O–H groups in total. The SMILES string of the molecule is CCN(C(=O)c1cncc(Nc2ccccc2C(C)C)c1)c1ccccc1. The minimum absolute atomic E-state index is 0.0583. The third-order valence-electron chi connectivity index (χ3n) is 4.48. The van der Waals surface area contributed by atoms with Crippen molar-refractivity contribution < 1.29 is 4.79 Å². The van der Waals surface area contributed by atoms with Gasteiger partial charge in [-0.1, -0.05) is 50.2 Å².